The smallest absolute Gasteiger partial charge is 0.391 e. The summed E-state index contributed by atoms with van der Waals surface area (Å²) in [6, 6.07) is 0. The van der Waals surface area contributed by atoms with Crippen molar-refractivity contribution in [2.75, 3.05) is 33.7 Å². The highest BCUT2D eigenvalue weighted by Crippen LogP contribution is 2.38. The molecule has 1 fully saturated rings. The maximum Gasteiger partial charge on any atom is 0.455 e. The standard InChI is InChI=1S/C22H36F3N3OS2/c1-5-7-8-10-19(31-17(9-6-2)20(29)22(23,24)25)27-16-21(18(15-30)26-3)11-13-28(4)14-12-21/h7-9,15,19,26-27,30H,5-6,10-14,16H2,1-4H3/b8-7-,17-9-,18-15-. The molecule has 0 aromatic heterocycles. The first-order chi connectivity index (χ1) is 14.6. The van der Waals surface area contributed by atoms with E-state index in [1.54, 1.807) is 12.3 Å². The van der Waals surface area contributed by atoms with Gasteiger partial charge in [-0.1, -0.05) is 32.1 Å². The number of halogens is 3. The number of hydrogen-bond donors (Lipinski definition) is 3. The molecule has 0 spiro atoms. The van der Waals surface area contributed by atoms with Gasteiger partial charge in [0.05, 0.1) is 10.3 Å². The molecule has 1 saturated heterocycles. The SMILES string of the molecule is CC/C=C\CC(NCC1(/C(=C/S)NC)CCN(C)CC1)S/C(=C\CC)C(=O)C(F)(F)F. The summed E-state index contributed by atoms with van der Waals surface area (Å²) in [6.45, 7) is 6.18. The van der Waals surface area contributed by atoms with Crippen LogP contribution in [0, 0.1) is 5.41 Å². The van der Waals surface area contributed by atoms with Crippen LogP contribution in [0.15, 0.2) is 34.2 Å². The number of nitrogens with one attached hydrogen (secondary N) is 2. The van der Waals surface area contributed by atoms with Crippen LogP contribution in [0.25, 0.3) is 0 Å². The van der Waals surface area contributed by atoms with Crippen molar-refractivity contribution >= 4 is 30.2 Å². The van der Waals surface area contributed by atoms with Crippen molar-refractivity contribution in [1.29, 1.82) is 0 Å². The van der Waals surface area contributed by atoms with E-state index < -0.39 is 12.0 Å². The van der Waals surface area contributed by atoms with Crippen molar-refractivity contribution in [1.82, 2.24) is 15.5 Å². The van der Waals surface area contributed by atoms with Crippen molar-refractivity contribution < 1.29 is 18.0 Å². The van der Waals surface area contributed by atoms with Crippen molar-refractivity contribution in [3.05, 3.63) is 34.2 Å². The Balaban J connectivity index is 3.07. The molecule has 0 radical (unpaired) electrons. The zero-order valence-electron chi connectivity index (χ0n) is 18.9. The molecule has 1 heterocycles. The van der Waals surface area contributed by atoms with E-state index in [0.29, 0.717) is 19.4 Å². The fraction of sp³-hybridized carbons (Fsp3) is 0.682. The van der Waals surface area contributed by atoms with E-state index in [2.05, 4.69) is 35.2 Å². The molecule has 4 nitrogen and oxygen atoms in total. The molecule has 1 aliphatic heterocycles. The van der Waals surface area contributed by atoms with Crippen LogP contribution in [0.3, 0.4) is 0 Å². The van der Waals surface area contributed by atoms with Gasteiger partial charge in [0, 0.05) is 24.7 Å². The van der Waals surface area contributed by atoms with Gasteiger partial charge in [0.15, 0.2) is 0 Å². The van der Waals surface area contributed by atoms with Gasteiger partial charge >= 0.3 is 6.18 Å². The number of likely N-dealkylation sites (tertiary alicyclic amines) is 1. The summed E-state index contributed by atoms with van der Waals surface area (Å²) in [5, 5.41) is 8.14. The maximum atomic E-state index is 13.1. The molecule has 31 heavy (non-hydrogen) atoms. The van der Waals surface area contributed by atoms with E-state index in [-0.39, 0.29) is 15.7 Å². The topological polar surface area (TPSA) is 44.4 Å². The number of nitrogens with zero attached hydrogens (tertiary/aromatic N) is 1. The van der Waals surface area contributed by atoms with Gasteiger partial charge in [0.1, 0.15) is 0 Å². The number of alkyl halides is 3. The van der Waals surface area contributed by atoms with Crippen LogP contribution < -0.4 is 10.6 Å². The van der Waals surface area contributed by atoms with Crippen molar-refractivity contribution in [3.8, 4) is 0 Å². The molecule has 0 aromatic rings. The summed E-state index contributed by atoms with van der Waals surface area (Å²) in [7, 11) is 3.95. The Morgan fingerprint density at radius 2 is 1.87 bits per heavy atom. The van der Waals surface area contributed by atoms with E-state index in [1.165, 1.54) is 6.08 Å². The first kappa shape index (κ1) is 28.1. The van der Waals surface area contributed by atoms with Gasteiger partial charge in [-0.25, -0.2) is 0 Å². The number of piperidine rings is 1. The Labute approximate surface area is 194 Å². The Kier molecular flexibility index (Phi) is 12.3. The fourth-order valence-corrected chi connectivity index (χ4v) is 5.17. The highest BCUT2D eigenvalue weighted by Gasteiger charge is 2.42. The van der Waals surface area contributed by atoms with E-state index >= 15 is 0 Å². The molecule has 2 N–H and O–H groups in total. The third-order valence-corrected chi connectivity index (χ3v) is 6.98. The summed E-state index contributed by atoms with van der Waals surface area (Å²) in [4.78, 5) is 14.0. The number of ketones is 1. The van der Waals surface area contributed by atoms with Crippen LogP contribution in [0.5, 0.6) is 0 Å². The van der Waals surface area contributed by atoms with Gasteiger partial charge in [-0.05, 0) is 57.6 Å². The molecule has 0 aliphatic carbocycles. The lowest BCUT2D eigenvalue weighted by atomic mass is 9.75. The van der Waals surface area contributed by atoms with Crippen LogP contribution in [0.2, 0.25) is 0 Å². The fourth-order valence-electron chi connectivity index (χ4n) is 3.60. The quantitative estimate of drug-likeness (QED) is 0.157. The highest BCUT2D eigenvalue weighted by atomic mass is 32.2. The minimum atomic E-state index is -4.87. The number of carbonyl (C=O) groups is 1. The number of hydrogen-bond acceptors (Lipinski definition) is 6. The van der Waals surface area contributed by atoms with Crippen LogP contribution >= 0.6 is 24.4 Å². The molecule has 9 heteroatoms. The van der Waals surface area contributed by atoms with Gasteiger partial charge < -0.3 is 15.5 Å². The van der Waals surface area contributed by atoms with Gasteiger partial charge in [-0.15, -0.1) is 24.4 Å². The normalized spacial score (nSPS) is 19.6. The Bertz CT molecular complexity index is 655. The molecule has 0 amide bonds. The minimum Gasteiger partial charge on any atom is -0.391 e. The number of thiol groups is 1. The molecule has 1 aliphatic rings. The molecular weight excluding hydrogens is 443 g/mol. The zero-order chi connectivity index (χ0) is 23.5. The number of rotatable bonds is 12. The van der Waals surface area contributed by atoms with E-state index in [0.717, 1.165) is 49.8 Å². The summed E-state index contributed by atoms with van der Waals surface area (Å²) in [5.74, 6) is -1.77. The summed E-state index contributed by atoms with van der Waals surface area (Å²) in [5.41, 5.74) is 0.832. The zero-order valence-corrected chi connectivity index (χ0v) is 20.6. The molecular formula is C22H36F3N3OS2. The third-order valence-electron chi connectivity index (χ3n) is 5.47. The van der Waals surface area contributed by atoms with E-state index in [9.17, 15) is 18.0 Å². The lowest BCUT2D eigenvalue weighted by molar-refractivity contribution is -0.165. The maximum absolute atomic E-state index is 13.1. The van der Waals surface area contributed by atoms with Gasteiger partial charge in [-0.3, -0.25) is 4.79 Å². The van der Waals surface area contributed by atoms with E-state index in [1.807, 2.05) is 26.1 Å². The van der Waals surface area contributed by atoms with Crippen molar-refractivity contribution in [3.63, 3.8) is 0 Å². The van der Waals surface area contributed by atoms with E-state index in [4.69, 9.17) is 0 Å². The van der Waals surface area contributed by atoms with Crippen molar-refractivity contribution in [2.45, 2.75) is 57.5 Å². The van der Waals surface area contributed by atoms with Gasteiger partial charge in [0.25, 0.3) is 5.78 Å². The van der Waals surface area contributed by atoms with Crippen LogP contribution in [-0.2, 0) is 4.79 Å². The number of carbonyl (C=O) groups excluding carboxylic acids is 1. The largest absolute Gasteiger partial charge is 0.455 e. The Morgan fingerprint density at radius 3 is 2.35 bits per heavy atom. The highest BCUT2D eigenvalue weighted by molar-refractivity contribution is 8.04. The molecule has 0 bridgehead atoms. The first-order valence-electron chi connectivity index (χ1n) is 10.7. The molecule has 0 saturated carbocycles. The summed E-state index contributed by atoms with van der Waals surface area (Å²) in [6.07, 6.45) is 4.00. The number of thioether (sulfide) groups is 1. The Hall–Kier alpha value is -0.900. The monoisotopic (exact) mass is 479 g/mol. The number of Topliss-reactive ketones (excluding diaryl/α,β-unsaturated/α-hetero) is 1. The van der Waals surface area contributed by atoms with Gasteiger partial charge in [0.2, 0.25) is 0 Å². The predicted molar refractivity (Wildman–Crippen MR) is 128 cm³/mol. The Morgan fingerprint density at radius 1 is 1.23 bits per heavy atom. The molecule has 178 valence electrons. The lowest BCUT2D eigenvalue weighted by Crippen LogP contribution is -2.48. The van der Waals surface area contributed by atoms with Crippen molar-refractivity contribution in [2.24, 2.45) is 5.41 Å². The lowest BCUT2D eigenvalue weighted by Gasteiger charge is -2.43. The molecule has 1 rings (SSSR count). The first-order valence-corrected chi connectivity index (χ1v) is 12.1. The van der Waals surface area contributed by atoms with Crippen LogP contribution in [-0.4, -0.2) is 56.0 Å². The van der Waals surface area contributed by atoms with Gasteiger partial charge in [-0.2, -0.15) is 13.2 Å². The summed E-state index contributed by atoms with van der Waals surface area (Å²) < 4.78 is 39.3. The predicted octanol–water partition coefficient (Wildman–Crippen LogP) is 5.12. The second kappa shape index (κ2) is 13.6. The average Bonchev–Trinajstić information content (AvgIpc) is 2.73. The number of allylic oxidation sites excluding steroid dienone is 3. The summed E-state index contributed by atoms with van der Waals surface area (Å²) >= 11 is 5.35. The molecule has 1 unspecified atom stereocenters. The molecule has 1 atom stereocenters. The third kappa shape index (κ3) is 8.86. The average molecular weight is 480 g/mol. The minimum absolute atomic E-state index is 0.182. The van der Waals surface area contributed by atoms with Crippen LogP contribution in [0.4, 0.5) is 13.2 Å². The van der Waals surface area contributed by atoms with Crippen LogP contribution in [0.1, 0.15) is 46.0 Å². The second-order valence-corrected chi connectivity index (χ2v) is 9.29. The second-order valence-electron chi connectivity index (χ2n) is 7.78. The molecule has 0 aromatic carbocycles.